The van der Waals surface area contributed by atoms with Crippen molar-refractivity contribution in [2.75, 3.05) is 6.61 Å². The Bertz CT molecular complexity index is 148. The van der Waals surface area contributed by atoms with E-state index in [1.165, 1.54) is 13.0 Å². The van der Waals surface area contributed by atoms with Crippen LogP contribution >= 0.6 is 0 Å². The van der Waals surface area contributed by atoms with Gasteiger partial charge in [0.25, 0.3) is 0 Å². The summed E-state index contributed by atoms with van der Waals surface area (Å²) in [6, 6.07) is 0. The van der Waals surface area contributed by atoms with Crippen LogP contribution in [-0.4, -0.2) is 29.2 Å². The summed E-state index contributed by atoms with van der Waals surface area (Å²) in [4.78, 5) is 9.65. The van der Waals surface area contributed by atoms with Gasteiger partial charge in [-0.2, -0.15) is 0 Å². The molecule has 13 heavy (non-hydrogen) atoms. The van der Waals surface area contributed by atoms with Gasteiger partial charge in [0.1, 0.15) is 6.29 Å². The zero-order chi connectivity index (χ0) is 10.5. The largest absolute Gasteiger partial charge is 0.394 e. The molecule has 0 amide bonds. The molecule has 0 aliphatic carbocycles. The molecule has 3 heteroatoms. The van der Waals surface area contributed by atoms with Gasteiger partial charge in [0.15, 0.2) is 0 Å². The van der Waals surface area contributed by atoms with Crippen molar-refractivity contribution in [3.05, 3.63) is 24.3 Å². The van der Waals surface area contributed by atoms with E-state index in [1.807, 2.05) is 19.1 Å². The molecule has 0 aromatic heterocycles. The van der Waals surface area contributed by atoms with E-state index in [2.05, 4.69) is 0 Å². The Balaban J connectivity index is 0. The second-order valence-corrected chi connectivity index (χ2v) is 2.39. The predicted molar refractivity (Wildman–Crippen MR) is 53.4 cm³/mol. The molecule has 0 saturated carbocycles. The van der Waals surface area contributed by atoms with Gasteiger partial charge in [-0.05, 0) is 19.4 Å². The number of carbonyl (C=O) groups excluding carboxylic acids is 1. The van der Waals surface area contributed by atoms with E-state index in [1.54, 1.807) is 6.08 Å². The molecule has 3 nitrogen and oxygen atoms in total. The van der Waals surface area contributed by atoms with E-state index in [0.717, 1.165) is 12.7 Å². The Hall–Kier alpha value is -0.930. The number of carbonyl (C=O) groups is 1. The average Bonchev–Trinajstić information content (AvgIpc) is 2.14. The number of aliphatic hydroxyl groups is 2. The third-order valence-corrected chi connectivity index (χ3v) is 0.937. The highest BCUT2D eigenvalue weighted by atomic mass is 16.3. The maximum Gasteiger partial charge on any atom is 0.142 e. The van der Waals surface area contributed by atoms with Crippen molar-refractivity contribution in [2.24, 2.45) is 0 Å². The van der Waals surface area contributed by atoms with Crippen molar-refractivity contribution in [1.29, 1.82) is 0 Å². The zero-order valence-corrected chi connectivity index (χ0v) is 8.18. The van der Waals surface area contributed by atoms with Crippen LogP contribution in [0.4, 0.5) is 0 Å². The van der Waals surface area contributed by atoms with Crippen molar-refractivity contribution in [2.45, 2.75) is 26.4 Å². The van der Waals surface area contributed by atoms with Crippen molar-refractivity contribution >= 4 is 6.29 Å². The molecule has 0 spiro atoms. The van der Waals surface area contributed by atoms with Crippen LogP contribution in [0, 0.1) is 0 Å². The smallest absolute Gasteiger partial charge is 0.142 e. The number of rotatable bonds is 4. The normalized spacial score (nSPS) is 12.6. The minimum atomic E-state index is -0.560. The van der Waals surface area contributed by atoms with Gasteiger partial charge in [-0.1, -0.05) is 25.2 Å². The molecular formula is C10H18O3. The summed E-state index contributed by atoms with van der Waals surface area (Å²) in [5.74, 6) is 0. The minimum absolute atomic E-state index is 0.139. The summed E-state index contributed by atoms with van der Waals surface area (Å²) in [6.07, 6.45) is 8.25. The highest BCUT2D eigenvalue weighted by molar-refractivity contribution is 5.65. The van der Waals surface area contributed by atoms with E-state index >= 15 is 0 Å². The third-order valence-electron chi connectivity index (χ3n) is 0.937. The quantitative estimate of drug-likeness (QED) is 0.392. The van der Waals surface area contributed by atoms with Gasteiger partial charge in [0.2, 0.25) is 0 Å². The second kappa shape index (κ2) is 13.6. The summed E-state index contributed by atoms with van der Waals surface area (Å²) in [5.41, 5.74) is 0. The first-order valence-electron chi connectivity index (χ1n) is 4.24. The molecule has 0 aromatic rings. The Kier molecular flexibility index (Phi) is 15.3. The van der Waals surface area contributed by atoms with Gasteiger partial charge in [0, 0.05) is 0 Å². The Morgan fingerprint density at radius 3 is 2.15 bits per heavy atom. The van der Waals surface area contributed by atoms with E-state index in [-0.39, 0.29) is 6.61 Å². The van der Waals surface area contributed by atoms with Crippen LogP contribution in [0.15, 0.2) is 24.3 Å². The SMILES string of the molecule is CC(O)CO.CCC=CC=CC=O. The third kappa shape index (κ3) is 24.7. The van der Waals surface area contributed by atoms with Crippen LogP contribution < -0.4 is 0 Å². The van der Waals surface area contributed by atoms with Crippen LogP contribution in [0.1, 0.15) is 20.3 Å². The molecule has 76 valence electrons. The fourth-order valence-electron chi connectivity index (χ4n) is 0.324. The average molecular weight is 186 g/mol. The standard InChI is InChI=1S/C7H10O.C3H8O2/c1-2-3-4-5-6-7-8;1-3(5)2-4/h3-7H,2H2,1H3;3-5H,2H2,1H3. The molecule has 1 unspecified atom stereocenters. The fourth-order valence-corrected chi connectivity index (χ4v) is 0.324. The van der Waals surface area contributed by atoms with Gasteiger partial charge in [-0.3, -0.25) is 4.79 Å². The zero-order valence-electron chi connectivity index (χ0n) is 8.18. The van der Waals surface area contributed by atoms with E-state index in [4.69, 9.17) is 10.2 Å². The molecule has 0 saturated heterocycles. The van der Waals surface area contributed by atoms with Crippen LogP contribution in [0.2, 0.25) is 0 Å². The van der Waals surface area contributed by atoms with Gasteiger partial charge in [-0.15, -0.1) is 0 Å². The lowest BCUT2D eigenvalue weighted by Gasteiger charge is -1.90. The molecule has 2 N–H and O–H groups in total. The first-order chi connectivity index (χ1) is 6.18. The molecule has 0 rings (SSSR count). The first-order valence-corrected chi connectivity index (χ1v) is 4.24. The van der Waals surface area contributed by atoms with Crippen molar-refractivity contribution in [3.8, 4) is 0 Å². The molecule has 0 radical (unpaired) electrons. The first kappa shape index (κ1) is 14.6. The summed E-state index contributed by atoms with van der Waals surface area (Å²) in [5, 5.41) is 16.0. The van der Waals surface area contributed by atoms with Crippen LogP contribution in [0.5, 0.6) is 0 Å². The van der Waals surface area contributed by atoms with Gasteiger partial charge < -0.3 is 10.2 Å². The lowest BCUT2D eigenvalue weighted by atomic mass is 10.4. The van der Waals surface area contributed by atoms with Crippen LogP contribution in [0.3, 0.4) is 0 Å². The van der Waals surface area contributed by atoms with E-state index < -0.39 is 6.10 Å². The van der Waals surface area contributed by atoms with Crippen LogP contribution in [-0.2, 0) is 4.79 Å². The number of allylic oxidation sites excluding steroid dienone is 4. The molecule has 0 fully saturated rings. The van der Waals surface area contributed by atoms with E-state index in [9.17, 15) is 4.79 Å². The highest BCUT2D eigenvalue weighted by Crippen LogP contribution is 1.79. The van der Waals surface area contributed by atoms with Gasteiger partial charge in [-0.25, -0.2) is 0 Å². The Labute approximate surface area is 79.4 Å². The van der Waals surface area contributed by atoms with Gasteiger partial charge >= 0.3 is 0 Å². The van der Waals surface area contributed by atoms with Crippen LogP contribution in [0.25, 0.3) is 0 Å². The molecule has 1 atom stereocenters. The predicted octanol–water partition coefficient (Wildman–Crippen LogP) is 1.07. The lowest BCUT2D eigenvalue weighted by molar-refractivity contribution is -0.104. The fraction of sp³-hybridized carbons (Fsp3) is 0.500. The molecule has 0 bridgehead atoms. The molecular weight excluding hydrogens is 168 g/mol. The molecule has 0 aliphatic rings. The molecule has 0 aromatic carbocycles. The van der Waals surface area contributed by atoms with Crippen molar-refractivity contribution in [3.63, 3.8) is 0 Å². The Morgan fingerprint density at radius 2 is 1.85 bits per heavy atom. The van der Waals surface area contributed by atoms with Gasteiger partial charge in [0.05, 0.1) is 12.7 Å². The van der Waals surface area contributed by atoms with E-state index in [0.29, 0.717) is 0 Å². The highest BCUT2D eigenvalue weighted by Gasteiger charge is 1.83. The number of aliphatic hydroxyl groups excluding tert-OH is 2. The number of hydrogen-bond acceptors (Lipinski definition) is 3. The summed E-state index contributed by atoms with van der Waals surface area (Å²) in [6.45, 7) is 3.44. The minimum Gasteiger partial charge on any atom is -0.394 e. The molecule has 0 heterocycles. The lowest BCUT2D eigenvalue weighted by Crippen LogP contribution is -2.03. The maximum atomic E-state index is 9.65. The second-order valence-electron chi connectivity index (χ2n) is 2.39. The van der Waals surface area contributed by atoms with Crippen molar-refractivity contribution in [1.82, 2.24) is 0 Å². The number of hydrogen-bond donors (Lipinski definition) is 2. The summed E-state index contributed by atoms with van der Waals surface area (Å²) < 4.78 is 0. The molecule has 0 aliphatic heterocycles. The monoisotopic (exact) mass is 186 g/mol. The maximum absolute atomic E-state index is 9.65. The number of aldehydes is 1. The summed E-state index contributed by atoms with van der Waals surface area (Å²) >= 11 is 0. The topological polar surface area (TPSA) is 57.5 Å². The van der Waals surface area contributed by atoms with Crippen molar-refractivity contribution < 1.29 is 15.0 Å². The summed E-state index contributed by atoms with van der Waals surface area (Å²) in [7, 11) is 0. The Morgan fingerprint density at radius 1 is 1.31 bits per heavy atom.